The van der Waals surface area contributed by atoms with Gasteiger partial charge in [0.25, 0.3) is 0 Å². The first-order valence-electron chi connectivity index (χ1n) is 4.73. The molecule has 1 heterocycles. The standard InChI is InChI=1S/C12H10BrClO2/c1-15-10-5-4-8(7-9(10)13)12(14)11-3-2-6-16-11/h2-7,12H,1H3. The number of halogens is 2. The first kappa shape index (κ1) is 11.6. The molecule has 1 atom stereocenters. The number of hydrogen-bond acceptors (Lipinski definition) is 2. The lowest BCUT2D eigenvalue weighted by Crippen LogP contribution is -1.92. The summed E-state index contributed by atoms with van der Waals surface area (Å²) >= 11 is 9.71. The summed E-state index contributed by atoms with van der Waals surface area (Å²) < 4.78 is 11.3. The van der Waals surface area contributed by atoms with Crippen molar-refractivity contribution in [3.63, 3.8) is 0 Å². The molecule has 0 spiro atoms. The van der Waals surface area contributed by atoms with Crippen LogP contribution < -0.4 is 4.74 Å². The topological polar surface area (TPSA) is 22.4 Å². The van der Waals surface area contributed by atoms with E-state index in [1.807, 2.05) is 30.3 Å². The van der Waals surface area contributed by atoms with Crippen LogP contribution in [0.1, 0.15) is 16.7 Å². The van der Waals surface area contributed by atoms with Crippen molar-refractivity contribution < 1.29 is 9.15 Å². The van der Waals surface area contributed by atoms with Gasteiger partial charge >= 0.3 is 0 Å². The van der Waals surface area contributed by atoms with E-state index in [0.717, 1.165) is 21.5 Å². The van der Waals surface area contributed by atoms with Gasteiger partial charge in [0, 0.05) is 0 Å². The van der Waals surface area contributed by atoms with Crippen molar-refractivity contribution in [1.29, 1.82) is 0 Å². The molecule has 1 aromatic carbocycles. The maximum absolute atomic E-state index is 6.29. The minimum Gasteiger partial charge on any atom is -0.496 e. The van der Waals surface area contributed by atoms with Crippen LogP contribution in [0.5, 0.6) is 5.75 Å². The molecule has 1 unspecified atom stereocenters. The quantitative estimate of drug-likeness (QED) is 0.785. The van der Waals surface area contributed by atoms with Crippen molar-refractivity contribution in [3.05, 3.63) is 52.4 Å². The molecule has 4 heteroatoms. The lowest BCUT2D eigenvalue weighted by molar-refractivity contribution is 0.412. The van der Waals surface area contributed by atoms with Crippen LogP contribution >= 0.6 is 27.5 Å². The van der Waals surface area contributed by atoms with E-state index in [1.165, 1.54) is 0 Å². The minimum atomic E-state index is -0.280. The predicted molar refractivity (Wildman–Crippen MR) is 67.1 cm³/mol. The van der Waals surface area contributed by atoms with Crippen LogP contribution in [0.25, 0.3) is 0 Å². The van der Waals surface area contributed by atoms with Gasteiger partial charge in [-0.15, -0.1) is 11.6 Å². The normalized spacial score (nSPS) is 12.4. The number of ether oxygens (including phenoxy) is 1. The number of benzene rings is 1. The van der Waals surface area contributed by atoms with E-state index in [9.17, 15) is 0 Å². The van der Waals surface area contributed by atoms with Gasteiger partial charge in [-0.05, 0) is 45.8 Å². The van der Waals surface area contributed by atoms with Crippen LogP contribution in [0.3, 0.4) is 0 Å². The highest BCUT2D eigenvalue weighted by atomic mass is 79.9. The molecule has 1 aromatic heterocycles. The van der Waals surface area contributed by atoms with Crippen LogP contribution in [0.2, 0.25) is 0 Å². The Balaban J connectivity index is 2.31. The Bertz CT molecular complexity index is 468. The number of rotatable bonds is 3. The molecular formula is C12H10BrClO2. The van der Waals surface area contributed by atoms with Crippen LogP contribution in [-0.4, -0.2) is 7.11 Å². The summed E-state index contributed by atoms with van der Waals surface area (Å²) in [5.74, 6) is 1.52. The second-order valence-corrected chi connectivity index (χ2v) is 4.56. The Morgan fingerprint density at radius 3 is 2.75 bits per heavy atom. The molecule has 0 aliphatic carbocycles. The van der Waals surface area contributed by atoms with Gasteiger partial charge in [0.2, 0.25) is 0 Å². The summed E-state index contributed by atoms with van der Waals surface area (Å²) in [5.41, 5.74) is 0.962. The maximum atomic E-state index is 6.29. The van der Waals surface area contributed by atoms with E-state index < -0.39 is 0 Å². The molecule has 0 amide bonds. The van der Waals surface area contributed by atoms with Gasteiger partial charge in [0.05, 0.1) is 17.8 Å². The number of alkyl halides is 1. The van der Waals surface area contributed by atoms with Gasteiger partial charge in [-0.25, -0.2) is 0 Å². The predicted octanol–water partition coefficient (Wildman–Crippen LogP) is 4.38. The molecule has 0 aliphatic heterocycles. The van der Waals surface area contributed by atoms with E-state index >= 15 is 0 Å². The fourth-order valence-corrected chi connectivity index (χ4v) is 2.26. The van der Waals surface area contributed by atoms with Gasteiger partial charge < -0.3 is 9.15 Å². The number of hydrogen-bond donors (Lipinski definition) is 0. The van der Waals surface area contributed by atoms with E-state index in [0.29, 0.717) is 0 Å². The molecule has 0 bridgehead atoms. The largest absolute Gasteiger partial charge is 0.496 e. The van der Waals surface area contributed by atoms with Crippen molar-refractivity contribution >= 4 is 27.5 Å². The minimum absolute atomic E-state index is 0.280. The molecule has 0 aliphatic rings. The third-order valence-electron chi connectivity index (χ3n) is 2.26. The van der Waals surface area contributed by atoms with Gasteiger partial charge in [0.15, 0.2) is 0 Å². The SMILES string of the molecule is COc1ccc(C(Cl)c2ccco2)cc1Br. The molecule has 84 valence electrons. The monoisotopic (exact) mass is 300 g/mol. The fourth-order valence-electron chi connectivity index (χ4n) is 1.44. The number of furan rings is 1. The first-order valence-corrected chi connectivity index (χ1v) is 5.96. The summed E-state index contributed by atoms with van der Waals surface area (Å²) in [7, 11) is 1.63. The van der Waals surface area contributed by atoms with Gasteiger partial charge in [0.1, 0.15) is 16.9 Å². The van der Waals surface area contributed by atoms with Crippen molar-refractivity contribution in [2.75, 3.05) is 7.11 Å². The molecule has 0 radical (unpaired) electrons. The van der Waals surface area contributed by atoms with Gasteiger partial charge in [-0.3, -0.25) is 0 Å². The molecule has 0 saturated heterocycles. The van der Waals surface area contributed by atoms with Crippen molar-refractivity contribution in [2.45, 2.75) is 5.38 Å². The second-order valence-electron chi connectivity index (χ2n) is 3.27. The van der Waals surface area contributed by atoms with Crippen molar-refractivity contribution in [2.24, 2.45) is 0 Å². The Hall–Kier alpha value is -0.930. The Kier molecular flexibility index (Phi) is 3.56. The summed E-state index contributed by atoms with van der Waals surface area (Å²) in [6.45, 7) is 0. The van der Waals surface area contributed by atoms with Crippen LogP contribution in [0.4, 0.5) is 0 Å². The van der Waals surface area contributed by atoms with Crippen LogP contribution in [-0.2, 0) is 0 Å². The van der Waals surface area contributed by atoms with Crippen LogP contribution in [0.15, 0.2) is 45.5 Å². The van der Waals surface area contributed by atoms with E-state index in [2.05, 4.69) is 15.9 Å². The Morgan fingerprint density at radius 2 is 2.19 bits per heavy atom. The highest BCUT2D eigenvalue weighted by Crippen LogP contribution is 2.34. The van der Waals surface area contributed by atoms with Crippen LogP contribution in [0, 0.1) is 0 Å². The smallest absolute Gasteiger partial charge is 0.133 e. The molecule has 2 nitrogen and oxygen atoms in total. The molecule has 16 heavy (non-hydrogen) atoms. The van der Waals surface area contributed by atoms with Crippen molar-refractivity contribution in [3.8, 4) is 5.75 Å². The third-order valence-corrected chi connectivity index (χ3v) is 3.35. The highest BCUT2D eigenvalue weighted by Gasteiger charge is 2.14. The third kappa shape index (κ3) is 2.25. The molecule has 0 saturated carbocycles. The van der Waals surface area contributed by atoms with E-state index in [1.54, 1.807) is 13.4 Å². The molecule has 0 fully saturated rings. The molecular weight excluding hydrogens is 291 g/mol. The zero-order valence-electron chi connectivity index (χ0n) is 8.61. The zero-order chi connectivity index (χ0) is 11.5. The average molecular weight is 302 g/mol. The lowest BCUT2D eigenvalue weighted by Gasteiger charge is -2.09. The Morgan fingerprint density at radius 1 is 1.38 bits per heavy atom. The molecule has 2 aromatic rings. The highest BCUT2D eigenvalue weighted by molar-refractivity contribution is 9.10. The van der Waals surface area contributed by atoms with E-state index in [-0.39, 0.29) is 5.38 Å². The van der Waals surface area contributed by atoms with Gasteiger partial charge in [-0.1, -0.05) is 6.07 Å². The number of methoxy groups -OCH3 is 1. The van der Waals surface area contributed by atoms with Crippen molar-refractivity contribution in [1.82, 2.24) is 0 Å². The average Bonchev–Trinajstić information content (AvgIpc) is 2.81. The molecule has 2 rings (SSSR count). The maximum Gasteiger partial charge on any atom is 0.133 e. The van der Waals surface area contributed by atoms with E-state index in [4.69, 9.17) is 20.8 Å². The van der Waals surface area contributed by atoms with Gasteiger partial charge in [-0.2, -0.15) is 0 Å². The summed E-state index contributed by atoms with van der Waals surface area (Å²) in [4.78, 5) is 0. The summed E-state index contributed by atoms with van der Waals surface area (Å²) in [6.07, 6.45) is 1.61. The first-order chi connectivity index (χ1) is 7.72. The Labute approximate surface area is 107 Å². The molecule has 0 N–H and O–H groups in total. The summed E-state index contributed by atoms with van der Waals surface area (Å²) in [5, 5.41) is -0.280. The zero-order valence-corrected chi connectivity index (χ0v) is 11.0. The summed E-state index contributed by atoms with van der Waals surface area (Å²) in [6, 6.07) is 9.40. The fraction of sp³-hybridized carbons (Fsp3) is 0.167. The lowest BCUT2D eigenvalue weighted by atomic mass is 10.1. The second kappa shape index (κ2) is 4.93.